The van der Waals surface area contributed by atoms with Crippen molar-refractivity contribution in [1.29, 1.82) is 0 Å². The smallest absolute Gasteiger partial charge is 0.306 e. The Balaban J connectivity index is 2.13. The number of Topliss-reactive ketones (excluding diaryl/α,β-unsaturated/α-hetero) is 1. The molecule has 0 radical (unpaired) electrons. The van der Waals surface area contributed by atoms with Crippen LogP contribution in [0.5, 0.6) is 0 Å². The van der Waals surface area contributed by atoms with E-state index in [0.717, 1.165) is 0 Å². The number of rotatable bonds is 1. The summed E-state index contributed by atoms with van der Waals surface area (Å²) in [6.45, 7) is 2.28. The molecule has 2 bridgehead atoms. The van der Waals surface area contributed by atoms with Crippen molar-refractivity contribution < 1.29 is 19.5 Å². The molecule has 0 aromatic rings. The summed E-state index contributed by atoms with van der Waals surface area (Å²) >= 11 is 0. The van der Waals surface area contributed by atoms with Gasteiger partial charge in [0.25, 0.3) is 0 Å². The number of carbonyl (C=O) groups is 3. The first-order valence-electron chi connectivity index (χ1n) is 5.51. The van der Waals surface area contributed by atoms with Gasteiger partial charge < -0.3 is 10.0 Å². The van der Waals surface area contributed by atoms with Crippen molar-refractivity contribution in [3.05, 3.63) is 0 Å². The summed E-state index contributed by atoms with van der Waals surface area (Å²) in [6, 6.07) is 0. The Morgan fingerprint density at radius 1 is 1.25 bits per heavy atom. The maximum atomic E-state index is 11.8. The molecule has 1 N–H and O–H groups in total. The molecule has 2 atom stereocenters. The van der Waals surface area contributed by atoms with Crippen LogP contribution in [-0.2, 0) is 14.4 Å². The molecule has 1 amide bonds. The molecule has 1 aliphatic heterocycles. The summed E-state index contributed by atoms with van der Waals surface area (Å²) < 4.78 is 0. The summed E-state index contributed by atoms with van der Waals surface area (Å²) in [4.78, 5) is 35.6. The molecule has 0 aromatic heterocycles. The first kappa shape index (κ1) is 11.1. The van der Waals surface area contributed by atoms with Gasteiger partial charge >= 0.3 is 5.97 Å². The molecule has 5 heteroatoms. The number of aliphatic carboxylic acids is 1. The van der Waals surface area contributed by atoms with E-state index < -0.39 is 11.9 Å². The summed E-state index contributed by atoms with van der Waals surface area (Å²) in [5.74, 6) is -1.65. The van der Waals surface area contributed by atoms with Gasteiger partial charge in [0.05, 0.1) is 5.92 Å². The third-order valence-electron chi connectivity index (χ3n) is 3.62. The van der Waals surface area contributed by atoms with E-state index in [0.29, 0.717) is 25.9 Å². The Morgan fingerprint density at radius 2 is 1.75 bits per heavy atom. The number of likely N-dealkylation sites (tertiary alicyclic amines) is 1. The Bertz CT molecular complexity index is 308. The van der Waals surface area contributed by atoms with Crippen LogP contribution in [0.25, 0.3) is 0 Å². The second-order valence-electron chi connectivity index (χ2n) is 4.73. The molecule has 1 saturated heterocycles. The van der Waals surface area contributed by atoms with E-state index in [1.165, 1.54) is 6.92 Å². The van der Waals surface area contributed by atoms with Gasteiger partial charge in [0.2, 0.25) is 5.91 Å². The number of carboxylic acid groups (broad SMARTS) is 1. The number of ketones is 1. The zero-order valence-electron chi connectivity index (χ0n) is 9.18. The second kappa shape index (κ2) is 3.88. The van der Waals surface area contributed by atoms with E-state index >= 15 is 0 Å². The van der Waals surface area contributed by atoms with E-state index in [-0.39, 0.29) is 23.5 Å². The summed E-state index contributed by atoms with van der Waals surface area (Å²) in [5.41, 5.74) is 0. The van der Waals surface area contributed by atoms with Crippen molar-refractivity contribution in [2.24, 2.45) is 17.8 Å². The second-order valence-corrected chi connectivity index (χ2v) is 4.73. The number of fused-ring (bicyclic) bond motifs is 2. The van der Waals surface area contributed by atoms with Gasteiger partial charge in [-0.3, -0.25) is 14.4 Å². The average molecular weight is 225 g/mol. The summed E-state index contributed by atoms with van der Waals surface area (Å²) in [5, 5.41) is 8.96. The molecular weight excluding hydrogens is 210 g/mol. The summed E-state index contributed by atoms with van der Waals surface area (Å²) in [6.07, 6.45) is 0.767. The third kappa shape index (κ3) is 1.81. The predicted molar refractivity (Wildman–Crippen MR) is 54.6 cm³/mol. The van der Waals surface area contributed by atoms with Crippen LogP contribution < -0.4 is 0 Å². The third-order valence-corrected chi connectivity index (χ3v) is 3.62. The van der Waals surface area contributed by atoms with Crippen molar-refractivity contribution in [1.82, 2.24) is 4.90 Å². The molecule has 2 aliphatic rings. The van der Waals surface area contributed by atoms with Crippen molar-refractivity contribution in [3.8, 4) is 0 Å². The SMILES string of the molecule is CC(=O)N1CC2CC(C(=O)O)CC(C1)C2=O. The van der Waals surface area contributed by atoms with Crippen molar-refractivity contribution >= 4 is 17.7 Å². The number of hydrogen-bond acceptors (Lipinski definition) is 3. The first-order chi connectivity index (χ1) is 7.49. The van der Waals surface area contributed by atoms with Gasteiger partial charge in [0.15, 0.2) is 0 Å². The topological polar surface area (TPSA) is 74.7 Å². The van der Waals surface area contributed by atoms with Crippen LogP contribution in [0.4, 0.5) is 0 Å². The van der Waals surface area contributed by atoms with Crippen LogP contribution in [-0.4, -0.2) is 40.8 Å². The maximum absolute atomic E-state index is 11.8. The Hall–Kier alpha value is -1.39. The fraction of sp³-hybridized carbons (Fsp3) is 0.727. The molecule has 1 saturated carbocycles. The molecule has 2 rings (SSSR count). The fourth-order valence-electron chi connectivity index (χ4n) is 2.74. The van der Waals surface area contributed by atoms with E-state index in [2.05, 4.69) is 0 Å². The quantitative estimate of drug-likeness (QED) is 0.689. The Morgan fingerprint density at radius 3 is 2.12 bits per heavy atom. The number of carbonyl (C=O) groups excluding carboxylic acids is 2. The number of piperidine rings is 1. The Kier molecular flexibility index (Phi) is 2.69. The average Bonchev–Trinajstić information content (AvgIpc) is 2.15. The van der Waals surface area contributed by atoms with Gasteiger partial charge in [0.1, 0.15) is 5.78 Å². The number of amides is 1. The van der Waals surface area contributed by atoms with Crippen molar-refractivity contribution in [2.75, 3.05) is 13.1 Å². The molecule has 88 valence electrons. The van der Waals surface area contributed by atoms with Crippen molar-refractivity contribution in [3.63, 3.8) is 0 Å². The monoisotopic (exact) mass is 225 g/mol. The highest BCUT2D eigenvalue weighted by atomic mass is 16.4. The minimum atomic E-state index is -0.821. The lowest BCUT2D eigenvalue weighted by Gasteiger charge is -2.41. The van der Waals surface area contributed by atoms with E-state index in [9.17, 15) is 14.4 Å². The van der Waals surface area contributed by atoms with Gasteiger partial charge in [-0.05, 0) is 12.8 Å². The lowest BCUT2D eigenvalue weighted by atomic mass is 9.71. The molecule has 16 heavy (non-hydrogen) atoms. The molecule has 5 nitrogen and oxygen atoms in total. The minimum Gasteiger partial charge on any atom is -0.481 e. The highest BCUT2D eigenvalue weighted by molar-refractivity contribution is 5.89. The normalized spacial score (nSPS) is 33.7. The number of carboxylic acids is 1. The molecule has 1 aliphatic carbocycles. The van der Waals surface area contributed by atoms with Crippen LogP contribution in [0.15, 0.2) is 0 Å². The van der Waals surface area contributed by atoms with E-state index in [4.69, 9.17) is 5.11 Å². The van der Waals surface area contributed by atoms with Crippen LogP contribution >= 0.6 is 0 Å². The largest absolute Gasteiger partial charge is 0.481 e. The van der Waals surface area contributed by atoms with E-state index in [1.54, 1.807) is 4.90 Å². The first-order valence-corrected chi connectivity index (χ1v) is 5.51. The van der Waals surface area contributed by atoms with Crippen LogP contribution in [0.3, 0.4) is 0 Å². The van der Waals surface area contributed by atoms with Gasteiger partial charge in [-0.2, -0.15) is 0 Å². The fourth-order valence-corrected chi connectivity index (χ4v) is 2.74. The highest BCUT2D eigenvalue weighted by Crippen LogP contribution is 2.35. The predicted octanol–water partition coefficient (Wildman–Crippen LogP) is 0.145. The zero-order valence-corrected chi connectivity index (χ0v) is 9.18. The van der Waals surface area contributed by atoms with Gasteiger partial charge in [0, 0.05) is 31.8 Å². The van der Waals surface area contributed by atoms with Gasteiger partial charge in [-0.1, -0.05) is 0 Å². The molecule has 0 spiro atoms. The minimum absolute atomic E-state index is 0.0312. The zero-order chi connectivity index (χ0) is 11.9. The number of nitrogens with zero attached hydrogens (tertiary/aromatic N) is 1. The summed E-state index contributed by atoms with van der Waals surface area (Å²) in [7, 11) is 0. The lowest BCUT2D eigenvalue weighted by molar-refractivity contribution is -0.150. The van der Waals surface area contributed by atoms with Crippen LogP contribution in [0.1, 0.15) is 19.8 Å². The molecule has 2 fully saturated rings. The van der Waals surface area contributed by atoms with Crippen molar-refractivity contribution in [2.45, 2.75) is 19.8 Å². The Labute approximate surface area is 93.4 Å². The highest BCUT2D eigenvalue weighted by Gasteiger charge is 2.44. The molecule has 2 unspecified atom stereocenters. The number of hydrogen-bond donors (Lipinski definition) is 1. The standard InChI is InChI=1S/C11H15NO4/c1-6(13)12-4-8-2-7(11(15)16)3-9(5-12)10(8)14/h7-9H,2-5H2,1H3,(H,15,16). The van der Waals surface area contributed by atoms with E-state index in [1.807, 2.05) is 0 Å². The molecule has 1 heterocycles. The van der Waals surface area contributed by atoms with Crippen LogP contribution in [0, 0.1) is 17.8 Å². The molecule has 0 aromatic carbocycles. The lowest BCUT2D eigenvalue weighted by Crippen LogP contribution is -2.53. The maximum Gasteiger partial charge on any atom is 0.306 e. The van der Waals surface area contributed by atoms with Gasteiger partial charge in [-0.25, -0.2) is 0 Å². The van der Waals surface area contributed by atoms with Crippen LogP contribution in [0.2, 0.25) is 0 Å². The van der Waals surface area contributed by atoms with Gasteiger partial charge in [-0.15, -0.1) is 0 Å². The molecular formula is C11H15NO4.